The van der Waals surface area contributed by atoms with Gasteiger partial charge in [0.25, 0.3) is 0 Å². The third kappa shape index (κ3) is 13.4. The van der Waals surface area contributed by atoms with Crippen LogP contribution in [0.1, 0.15) is 6.42 Å². The lowest BCUT2D eigenvalue weighted by molar-refractivity contribution is -0.366. The predicted molar refractivity (Wildman–Crippen MR) is 174 cm³/mol. The van der Waals surface area contributed by atoms with Gasteiger partial charge in [-0.05, 0) is 0 Å². The number of ether oxygens (including phenoxy) is 6. The molecule has 3 saturated heterocycles. The van der Waals surface area contributed by atoms with E-state index < -0.39 is 155 Å². The summed E-state index contributed by atoms with van der Waals surface area (Å²) in [4.78, 5) is 48.1. The molecule has 0 aromatic carbocycles. The Morgan fingerprint density at radius 3 is 1.73 bits per heavy atom. The molecule has 3 fully saturated rings. The molecular weight excluding hydrogens is 752 g/mol. The van der Waals surface area contributed by atoms with Crippen molar-refractivity contribution < 1.29 is 98.7 Å². The van der Waals surface area contributed by atoms with Gasteiger partial charge < -0.3 is 96.3 Å². The Balaban J connectivity index is 1.62. The fraction of sp³-hybridized carbons (Fsp3) is 0.862. The topological polar surface area (TPSA) is 417 Å². The molecule has 17 N–H and O–H groups in total. The first-order valence-electron chi connectivity index (χ1n) is 17.1. The number of primary amides is 2. The van der Waals surface area contributed by atoms with Gasteiger partial charge in [-0.25, -0.2) is 5.43 Å². The second-order valence-electron chi connectivity index (χ2n) is 12.9. The maximum Gasteiger partial charge on any atom is 0.248 e. The number of nitrogens with one attached hydrogen (secondary N) is 3. The molecule has 15 atom stereocenters. The first-order valence-corrected chi connectivity index (χ1v) is 17.1. The van der Waals surface area contributed by atoms with Gasteiger partial charge in [0.05, 0.1) is 46.1 Å². The van der Waals surface area contributed by atoms with Crippen molar-refractivity contribution >= 4 is 23.6 Å². The Morgan fingerprint density at radius 1 is 0.600 bits per heavy atom. The van der Waals surface area contributed by atoms with E-state index in [2.05, 4.69) is 16.2 Å². The number of rotatable bonds is 21. The van der Waals surface area contributed by atoms with Crippen LogP contribution in [0.15, 0.2) is 0 Å². The third-order valence-electron chi connectivity index (χ3n) is 8.60. The van der Waals surface area contributed by atoms with Crippen LogP contribution in [0.3, 0.4) is 0 Å². The van der Waals surface area contributed by atoms with E-state index in [1.165, 1.54) is 0 Å². The van der Waals surface area contributed by atoms with Crippen LogP contribution in [0.2, 0.25) is 0 Å². The Kier molecular flexibility index (Phi) is 18.8. The molecule has 0 saturated carbocycles. The minimum absolute atomic E-state index is 0.0582. The average Bonchev–Trinajstić information content (AvgIpc) is 3.12. The van der Waals surface area contributed by atoms with Crippen LogP contribution in [0.4, 0.5) is 0 Å². The zero-order chi connectivity index (χ0) is 41.0. The third-order valence-corrected chi connectivity index (χ3v) is 8.60. The highest BCUT2D eigenvalue weighted by molar-refractivity contribution is 5.83. The maximum atomic E-state index is 12.5. The van der Waals surface area contributed by atoms with Gasteiger partial charge in [0.1, 0.15) is 73.2 Å². The van der Waals surface area contributed by atoms with E-state index in [-0.39, 0.29) is 26.1 Å². The predicted octanol–water partition coefficient (Wildman–Crippen LogP) is -11.1. The molecule has 4 amide bonds. The average molecular weight is 805 g/mol. The lowest BCUT2D eigenvalue weighted by Crippen LogP contribution is -2.65. The van der Waals surface area contributed by atoms with Gasteiger partial charge in [-0.15, -0.1) is 0 Å². The van der Waals surface area contributed by atoms with Gasteiger partial charge in [-0.3, -0.25) is 29.5 Å². The summed E-state index contributed by atoms with van der Waals surface area (Å²) in [5, 5.41) is 105. The number of nitrogens with zero attached hydrogens (tertiary/aromatic N) is 1. The van der Waals surface area contributed by atoms with Gasteiger partial charge in [0.2, 0.25) is 23.6 Å². The summed E-state index contributed by atoms with van der Waals surface area (Å²) in [6.07, 6.45) is -25.9. The van der Waals surface area contributed by atoms with Crippen LogP contribution in [0.5, 0.6) is 0 Å². The summed E-state index contributed by atoms with van der Waals surface area (Å²) in [6.45, 7) is -4.18. The number of hydrogen-bond donors (Lipinski definition) is 15. The van der Waals surface area contributed by atoms with Crippen molar-refractivity contribution in [3.63, 3.8) is 0 Å². The summed E-state index contributed by atoms with van der Waals surface area (Å²) in [5.41, 5.74) is 15.0. The van der Waals surface area contributed by atoms with Crippen molar-refractivity contribution in [2.24, 2.45) is 11.5 Å². The molecule has 318 valence electrons. The maximum absolute atomic E-state index is 12.5. The highest BCUT2D eigenvalue weighted by Gasteiger charge is 2.52. The van der Waals surface area contributed by atoms with Crippen molar-refractivity contribution in [1.29, 1.82) is 0 Å². The molecule has 0 aromatic rings. The van der Waals surface area contributed by atoms with E-state index in [9.17, 15) is 70.2 Å². The standard InChI is InChI=1S/C29H52N6O20/c30-14(38)1-2-32-16(40)6-35(5-15(31)39)7-17(41)34-33-3-4-50-28-25(49)26(55-29-24(48)22(46)19(43)12(9-37)53-29)20(44)13(54-28)10-51-27-23(47)21(45)18(42)11(8-36)52-27/h11-13,18-29,33,36-37,42-49H,1-10H2,(H2,30,38)(H2,31,39)(H,32,40)(H,34,41)/t11-,12-,13-,18-,19-,20-,21+,22+,23+,24+,25+,26+,27+,28+,29-/m1/s1. The Hall–Kier alpha value is -2.84. The van der Waals surface area contributed by atoms with E-state index in [1.807, 2.05) is 0 Å². The molecule has 0 spiro atoms. The van der Waals surface area contributed by atoms with Crippen LogP contribution >= 0.6 is 0 Å². The normalized spacial score (nSPS) is 36.7. The first kappa shape index (κ1) is 46.5. The summed E-state index contributed by atoms with van der Waals surface area (Å²) in [6, 6.07) is 0. The molecule has 3 aliphatic rings. The fourth-order valence-electron chi connectivity index (χ4n) is 5.67. The molecule has 0 aliphatic carbocycles. The highest BCUT2D eigenvalue weighted by Crippen LogP contribution is 2.31. The highest BCUT2D eigenvalue weighted by atomic mass is 16.7. The number of aliphatic hydroxyl groups is 10. The second-order valence-corrected chi connectivity index (χ2v) is 12.9. The molecule has 3 aliphatic heterocycles. The zero-order valence-electron chi connectivity index (χ0n) is 29.4. The summed E-state index contributed by atoms with van der Waals surface area (Å²) in [5.74, 6) is -2.81. The van der Waals surface area contributed by atoms with E-state index in [4.69, 9.17) is 39.9 Å². The lowest BCUT2D eigenvalue weighted by Gasteiger charge is -2.46. The largest absolute Gasteiger partial charge is 0.394 e. The van der Waals surface area contributed by atoms with Crippen LogP contribution in [0.25, 0.3) is 0 Å². The van der Waals surface area contributed by atoms with Crippen molar-refractivity contribution in [3.05, 3.63) is 0 Å². The molecule has 0 bridgehead atoms. The fourth-order valence-corrected chi connectivity index (χ4v) is 5.67. The number of nitrogens with two attached hydrogens (primary N) is 2. The van der Waals surface area contributed by atoms with E-state index >= 15 is 0 Å². The minimum Gasteiger partial charge on any atom is -0.394 e. The van der Waals surface area contributed by atoms with Gasteiger partial charge in [0.15, 0.2) is 18.9 Å². The minimum atomic E-state index is -1.94. The molecule has 3 heterocycles. The smallest absolute Gasteiger partial charge is 0.248 e. The SMILES string of the molecule is NC(=O)CCNC(=O)CN(CC(N)=O)CC(=O)NNCCO[C@H]1O[C@H](CO[C@H]2O[C@H](CO)[C@@H](O)[C@H](O)[C@@H]2O)[C@@H](O)[C@H](O[C@H]2O[C@H](CO)[C@@H](O)[C@H](O)[C@@H]2O)[C@@H]1O. The van der Waals surface area contributed by atoms with E-state index in [0.717, 1.165) is 4.90 Å². The number of aliphatic hydroxyl groups excluding tert-OH is 10. The number of carbonyl (C=O) groups excluding carboxylic acids is 4. The van der Waals surface area contributed by atoms with Crippen LogP contribution in [-0.2, 0) is 47.6 Å². The first-order chi connectivity index (χ1) is 26.0. The monoisotopic (exact) mass is 804 g/mol. The van der Waals surface area contributed by atoms with Crippen LogP contribution in [-0.4, -0.2) is 231 Å². The summed E-state index contributed by atoms with van der Waals surface area (Å²) < 4.78 is 33.0. The van der Waals surface area contributed by atoms with Gasteiger partial charge in [-0.2, -0.15) is 0 Å². The Bertz CT molecular complexity index is 1240. The zero-order valence-corrected chi connectivity index (χ0v) is 29.4. The molecule has 0 aromatic heterocycles. The quantitative estimate of drug-likeness (QED) is 0.0378. The van der Waals surface area contributed by atoms with Crippen LogP contribution in [0, 0.1) is 0 Å². The molecule has 0 unspecified atom stereocenters. The van der Waals surface area contributed by atoms with Crippen LogP contribution < -0.4 is 27.6 Å². The number of carbonyl (C=O) groups is 4. The van der Waals surface area contributed by atoms with Crippen molar-refractivity contribution in [2.75, 3.05) is 59.2 Å². The Labute approximate surface area is 312 Å². The molecule has 26 nitrogen and oxygen atoms in total. The van der Waals surface area contributed by atoms with E-state index in [1.54, 1.807) is 0 Å². The lowest BCUT2D eigenvalue weighted by atomic mass is 9.96. The van der Waals surface area contributed by atoms with Gasteiger partial charge in [0, 0.05) is 19.5 Å². The summed E-state index contributed by atoms with van der Waals surface area (Å²) >= 11 is 0. The number of hydrazine groups is 1. The Morgan fingerprint density at radius 2 is 1.15 bits per heavy atom. The molecule has 3 rings (SSSR count). The van der Waals surface area contributed by atoms with Gasteiger partial charge in [-0.1, -0.05) is 0 Å². The number of amides is 4. The van der Waals surface area contributed by atoms with Crippen molar-refractivity contribution in [1.82, 2.24) is 21.1 Å². The molecular formula is C29H52N6O20. The van der Waals surface area contributed by atoms with Gasteiger partial charge >= 0.3 is 0 Å². The molecule has 26 heteroatoms. The summed E-state index contributed by atoms with van der Waals surface area (Å²) in [7, 11) is 0. The number of hydrogen-bond acceptors (Lipinski definition) is 22. The van der Waals surface area contributed by atoms with Crippen molar-refractivity contribution in [2.45, 2.75) is 98.5 Å². The van der Waals surface area contributed by atoms with Crippen molar-refractivity contribution in [3.8, 4) is 0 Å². The second kappa shape index (κ2) is 22.2. The molecule has 55 heavy (non-hydrogen) atoms. The molecule has 0 radical (unpaired) electrons. The van der Waals surface area contributed by atoms with E-state index in [0.29, 0.717) is 0 Å².